The lowest BCUT2D eigenvalue weighted by atomic mass is 9.89. The number of para-hydroxylation sites is 2. The lowest BCUT2D eigenvalue weighted by Crippen LogP contribution is -2.28. The molecule has 1 saturated heterocycles. The molecule has 1 aromatic heterocycles. The van der Waals surface area contributed by atoms with Gasteiger partial charge >= 0.3 is 0 Å². The molecule has 0 radical (unpaired) electrons. The van der Waals surface area contributed by atoms with Crippen LogP contribution in [0.25, 0.3) is 11.0 Å². The number of nitrogens with zero attached hydrogens (tertiary/aromatic N) is 2. The van der Waals surface area contributed by atoms with Crippen molar-refractivity contribution in [2.45, 2.75) is 18.8 Å². The first kappa shape index (κ1) is 9.85. The fourth-order valence-electron chi connectivity index (χ4n) is 2.69. The number of hydrogen-bond acceptors (Lipinski definition) is 2. The molecule has 1 aliphatic heterocycles. The van der Waals surface area contributed by atoms with Crippen molar-refractivity contribution >= 4 is 11.0 Å². The van der Waals surface area contributed by atoms with E-state index in [0.717, 1.165) is 18.6 Å². The first-order valence-corrected chi connectivity index (χ1v) is 5.83. The van der Waals surface area contributed by atoms with Crippen LogP contribution in [0.15, 0.2) is 24.3 Å². The molecule has 0 bridgehead atoms. The summed E-state index contributed by atoms with van der Waals surface area (Å²) in [6.45, 7) is 4.43. The number of imidazole rings is 1. The van der Waals surface area contributed by atoms with Gasteiger partial charge in [-0.3, -0.25) is 0 Å². The number of benzene rings is 1. The van der Waals surface area contributed by atoms with Crippen molar-refractivity contribution in [1.82, 2.24) is 14.9 Å². The van der Waals surface area contributed by atoms with E-state index in [4.69, 9.17) is 4.98 Å². The summed E-state index contributed by atoms with van der Waals surface area (Å²) in [5, 5.41) is 3.43. The maximum Gasteiger partial charge on any atom is 0.116 e. The summed E-state index contributed by atoms with van der Waals surface area (Å²) in [6, 6.07) is 8.35. The summed E-state index contributed by atoms with van der Waals surface area (Å²) in [6.07, 6.45) is 1.17. The highest BCUT2D eigenvalue weighted by molar-refractivity contribution is 5.76. The maximum atomic E-state index is 4.79. The topological polar surface area (TPSA) is 29.9 Å². The molecular weight excluding hydrogens is 198 g/mol. The third kappa shape index (κ3) is 1.28. The Bertz CT molecular complexity index is 521. The van der Waals surface area contributed by atoms with Crippen LogP contribution in [0.3, 0.4) is 0 Å². The maximum absolute atomic E-state index is 4.79. The van der Waals surface area contributed by atoms with Gasteiger partial charge in [0, 0.05) is 19.0 Å². The molecule has 1 unspecified atom stereocenters. The quantitative estimate of drug-likeness (QED) is 0.786. The zero-order valence-electron chi connectivity index (χ0n) is 9.83. The molecule has 2 aromatic rings. The molecule has 0 saturated carbocycles. The second-order valence-electron chi connectivity index (χ2n) is 4.97. The first-order valence-electron chi connectivity index (χ1n) is 5.83. The van der Waals surface area contributed by atoms with Crippen LogP contribution in [0, 0.1) is 0 Å². The van der Waals surface area contributed by atoms with E-state index < -0.39 is 0 Å². The highest BCUT2D eigenvalue weighted by atomic mass is 15.1. The Morgan fingerprint density at radius 3 is 2.88 bits per heavy atom. The number of aromatic nitrogens is 2. The number of rotatable bonds is 1. The third-order valence-electron chi connectivity index (χ3n) is 3.70. The van der Waals surface area contributed by atoms with Crippen LogP contribution in [0.4, 0.5) is 0 Å². The monoisotopic (exact) mass is 215 g/mol. The Morgan fingerprint density at radius 2 is 2.19 bits per heavy atom. The summed E-state index contributed by atoms with van der Waals surface area (Å²) in [5.41, 5.74) is 2.52. The smallest absolute Gasteiger partial charge is 0.116 e. The minimum absolute atomic E-state index is 0.188. The van der Waals surface area contributed by atoms with E-state index in [1.165, 1.54) is 17.8 Å². The van der Waals surface area contributed by atoms with Gasteiger partial charge in [0.2, 0.25) is 0 Å². The number of hydrogen-bond donors (Lipinski definition) is 1. The van der Waals surface area contributed by atoms with Crippen LogP contribution in [0.2, 0.25) is 0 Å². The molecule has 2 heterocycles. The van der Waals surface area contributed by atoms with E-state index in [1.807, 2.05) is 6.07 Å². The average Bonchev–Trinajstić information content (AvgIpc) is 2.86. The predicted octanol–water partition coefficient (Wildman–Crippen LogP) is 1.82. The summed E-state index contributed by atoms with van der Waals surface area (Å²) in [4.78, 5) is 4.79. The van der Waals surface area contributed by atoms with E-state index >= 15 is 0 Å². The van der Waals surface area contributed by atoms with Crippen LogP contribution >= 0.6 is 0 Å². The van der Waals surface area contributed by atoms with E-state index in [1.54, 1.807) is 0 Å². The highest BCUT2D eigenvalue weighted by Crippen LogP contribution is 2.31. The zero-order chi connectivity index (χ0) is 11.2. The third-order valence-corrected chi connectivity index (χ3v) is 3.70. The molecule has 3 rings (SSSR count). The van der Waals surface area contributed by atoms with Crippen molar-refractivity contribution in [2.24, 2.45) is 7.05 Å². The Morgan fingerprint density at radius 1 is 1.38 bits per heavy atom. The molecule has 3 nitrogen and oxygen atoms in total. The summed E-state index contributed by atoms with van der Waals surface area (Å²) >= 11 is 0. The molecule has 0 amide bonds. The van der Waals surface area contributed by atoms with Crippen LogP contribution in [0.5, 0.6) is 0 Å². The average molecular weight is 215 g/mol. The van der Waals surface area contributed by atoms with Gasteiger partial charge in [-0.2, -0.15) is 0 Å². The van der Waals surface area contributed by atoms with Crippen LogP contribution in [-0.4, -0.2) is 22.6 Å². The van der Waals surface area contributed by atoms with Gasteiger partial charge in [-0.05, 0) is 25.1 Å². The zero-order valence-corrected chi connectivity index (χ0v) is 9.83. The minimum atomic E-state index is 0.188. The molecule has 1 aliphatic rings. The fourth-order valence-corrected chi connectivity index (χ4v) is 2.69. The van der Waals surface area contributed by atoms with Crippen molar-refractivity contribution in [2.75, 3.05) is 13.1 Å². The Hall–Kier alpha value is -1.35. The Kier molecular flexibility index (Phi) is 2.04. The standard InChI is InChI=1S/C13H17N3/c1-13(7-8-14-9-13)12-15-10-5-3-4-6-11(10)16(12)2/h3-6,14H,7-9H2,1-2H3. The van der Waals surface area contributed by atoms with Crippen molar-refractivity contribution in [3.63, 3.8) is 0 Å². The van der Waals surface area contributed by atoms with Gasteiger partial charge in [0.1, 0.15) is 5.82 Å². The normalized spacial score (nSPS) is 25.4. The summed E-state index contributed by atoms with van der Waals surface area (Å²) in [5.74, 6) is 1.21. The molecule has 1 N–H and O–H groups in total. The van der Waals surface area contributed by atoms with Gasteiger partial charge in [-0.15, -0.1) is 0 Å². The summed E-state index contributed by atoms with van der Waals surface area (Å²) in [7, 11) is 2.12. The molecule has 1 fully saturated rings. The molecule has 1 atom stereocenters. The lowest BCUT2D eigenvalue weighted by molar-refractivity contribution is 0.475. The van der Waals surface area contributed by atoms with Crippen LogP contribution < -0.4 is 5.32 Å². The number of fused-ring (bicyclic) bond motifs is 1. The van der Waals surface area contributed by atoms with Gasteiger partial charge in [-0.25, -0.2) is 4.98 Å². The van der Waals surface area contributed by atoms with Crippen molar-refractivity contribution in [3.8, 4) is 0 Å². The van der Waals surface area contributed by atoms with Gasteiger partial charge in [0.15, 0.2) is 0 Å². The highest BCUT2D eigenvalue weighted by Gasteiger charge is 2.34. The van der Waals surface area contributed by atoms with Gasteiger partial charge in [0.25, 0.3) is 0 Å². The summed E-state index contributed by atoms with van der Waals surface area (Å²) < 4.78 is 2.24. The minimum Gasteiger partial charge on any atom is -0.331 e. The van der Waals surface area contributed by atoms with E-state index in [9.17, 15) is 0 Å². The molecule has 84 valence electrons. The van der Waals surface area contributed by atoms with Crippen molar-refractivity contribution in [3.05, 3.63) is 30.1 Å². The molecule has 3 heteroatoms. The van der Waals surface area contributed by atoms with Crippen molar-refractivity contribution in [1.29, 1.82) is 0 Å². The molecule has 1 aromatic carbocycles. The largest absolute Gasteiger partial charge is 0.331 e. The van der Waals surface area contributed by atoms with Gasteiger partial charge in [-0.1, -0.05) is 19.1 Å². The first-order chi connectivity index (χ1) is 7.71. The number of aryl methyl sites for hydroxylation is 1. The van der Waals surface area contributed by atoms with E-state index in [2.05, 4.69) is 42.1 Å². The SMILES string of the molecule is Cn1c(C2(C)CCNC2)nc2ccccc21. The fraction of sp³-hybridized carbons (Fsp3) is 0.462. The van der Waals surface area contributed by atoms with Gasteiger partial charge in [0.05, 0.1) is 11.0 Å². The second-order valence-corrected chi connectivity index (χ2v) is 4.97. The molecule has 16 heavy (non-hydrogen) atoms. The Labute approximate surface area is 95.5 Å². The number of nitrogens with one attached hydrogen (secondary N) is 1. The Balaban J connectivity index is 2.20. The van der Waals surface area contributed by atoms with Crippen LogP contribution in [-0.2, 0) is 12.5 Å². The molecule has 0 aliphatic carbocycles. The lowest BCUT2D eigenvalue weighted by Gasteiger charge is -2.21. The van der Waals surface area contributed by atoms with E-state index in [0.29, 0.717) is 0 Å². The predicted molar refractivity (Wildman–Crippen MR) is 65.6 cm³/mol. The van der Waals surface area contributed by atoms with Crippen LogP contribution in [0.1, 0.15) is 19.2 Å². The van der Waals surface area contributed by atoms with Gasteiger partial charge < -0.3 is 9.88 Å². The van der Waals surface area contributed by atoms with Crippen molar-refractivity contribution < 1.29 is 0 Å². The van der Waals surface area contributed by atoms with E-state index in [-0.39, 0.29) is 5.41 Å². The molecular formula is C13H17N3. The molecule has 0 spiro atoms. The second kappa shape index (κ2) is 3.32.